The number of hydrogen-bond acceptors (Lipinski definition) is 5. The highest BCUT2D eigenvalue weighted by Gasteiger charge is 2.35. The molecule has 8 heteroatoms. The zero-order valence-electron chi connectivity index (χ0n) is 15.2. The second kappa shape index (κ2) is 10.1. The molecule has 25 heavy (non-hydrogen) atoms. The third kappa shape index (κ3) is 5.94. The fraction of sp³-hybridized carbons (Fsp3) is 0.647. The van der Waals surface area contributed by atoms with Crippen molar-refractivity contribution in [1.29, 1.82) is 0 Å². The molecule has 2 N–H and O–H groups in total. The highest BCUT2D eigenvalue weighted by Crippen LogP contribution is 2.26. The number of likely N-dealkylation sites (tertiary alicyclic amines) is 1. The number of halogens is 1. The summed E-state index contributed by atoms with van der Waals surface area (Å²) in [6.45, 7) is 6.75. The Morgan fingerprint density at radius 3 is 2.68 bits per heavy atom. The topological polar surface area (TPSA) is 74.6 Å². The SMILES string of the molecule is CNC(=O)c1ccc(CN2C[C@H](NC(=O)CSC)[C@@H](C(C)C)C2)o1.Cl. The lowest BCUT2D eigenvalue weighted by atomic mass is 9.91. The molecular weight excluding hydrogens is 362 g/mol. The molecule has 6 nitrogen and oxygen atoms in total. The first kappa shape index (κ1) is 21.9. The Hall–Kier alpha value is -1.18. The normalized spacial score (nSPS) is 20.4. The Bertz CT molecular complexity index is 579. The summed E-state index contributed by atoms with van der Waals surface area (Å²) in [5, 5.41) is 5.72. The Labute approximate surface area is 159 Å². The van der Waals surface area contributed by atoms with Gasteiger partial charge in [0.2, 0.25) is 5.91 Å². The van der Waals surface area contributed by atoms with E-state index in [0.29, 0.717) is 29.9 Å². The molecule has 1 aromatic rings. The van der Waals surface area contributed by atoms with E-state index in [9.17, 15) is 9.59 Å². The fourth-order valence-corrected chi connectivity index (χ4v) is 3.52. The maximum absolute atomic E-state index is 11.9. The number of thioether (sulfide) groups is 1. The van der Waals surface area contributed by atoms with Gasteiger partial charge < -0.3 is 15.1 Å². The fourth-order valence-electron chi connectivity index (χ4n) is 3.18. The van der Waals surface area contributed by atoms with Crippen molar-refractivity contribution >= 4 is 36.0 Å². The monoisotopic (exact) mass is 389 g/mol. The molecule has 0 aliphatic carbocycles. The molecular formula is C17H28ClN3O3S. The minimum absolute atomic E-state index is 0. The van der Waals surface area contributed by atoms with Crippen LogP contribution in [-0.4, -0.2) is 54.9 Å². The van der Waals surface area contributed by atoms with Gasteiger partial charge in [-0.15, -0.1) is 12.4 Å². The molecule has 0 aromatic carbocycles. The second-order valence-electron chi connectivity index (χ2n) is 6.55. The third-order valence-corrected chi connectivity index (χ3v) is 4.96. The summed E-state index contributed by atoms with van der Waals surface area (Å²) in [5.41, 5.74) is 0. The lowest BCUT2D eigenvalue weighted by Gasteiger charge is -2.22. The van der Waals surface area contributed by atoms with Gasteiger partial charge in [-0.05, 0) is 30.2 Å². The van der Waals surface area contributed by atoms with E-state index in [1.807, 2.05) is 12.3 Å². The summed E-state index contributed by atoms with van der Waals surface area (Å²) >= 11 is 1.54. The quantitative estimate of drug-likeness (QED) is 0.746. The van der Waals surface area contributed by atoms with E-state index in [-0.39, 0.29) is 30.3 Å². The van der Waals surface area contributed by atoms with Crippen LogP contribution < -0.4 is 10.6 Å². The van der Waals surface area contributed by atoms with E-state index >= 15 is 0 Å². The number of nitrogens with one attached hydrogen (secondary N) is 2. The molecule has 1 aliphatic rings. The molecule has 1 saturated heterocycles. The van der Waals surface area contributed by atoms with Gasteiger partial charge in [0, 0.05) is 26.2 Å². The average molecular weight is 390 g/mol. The summed E-state index contributed by atoms with van der Waals surface area (Å²) in [6, 6.07) is 3.70. The van der Waals surface area contributed by atoms with Crippen LogP contribution in [0, 0.1) is 11.8 Å². The number of hydrogen-bond donors (Lipinski definition) is 2. The number of carbonyl (C=O) groups excluding carboxylic acids is 2. The number of nitrogens with zero attached hydrogens (tertiary/aromatic N) is 1. The van der Waals surface area contributed by atoms with Crippen molar-refractivity contribution in [3.8, 4) is 0 Å². The smallest absolute Gasteiger partial charge is 0.286 e. The van der Waals surface area contributed by atoms with Crippen LogP contribution in [0.3, 0.4) is 0 Å². The minimum Gasteiger partial charge on any atom is -0.455 e. The molecule has 0 saturated carbocycles. The summed E-state index contributed by atoms with van der Waals surface area (Å²) in [5.74, 6) is 2.39. The highest BCUT2D eigenvalue weighted by atomic mass is 35.5. The van der Waals surface area contributed by atoms with Gasteiger partial charge >= 0.3 is 0 Å². The van der Waals surface area contributed by atoms with Crippen molar-refractivity contribution in [2.24, 2.45) is 11.8 Å². The van der Waals surface area contributed by atoms with Crippen molar-refractivity contribution in [1.82, 2.24) is 15.5 Å². The van der Waals surface area contributed by atoms with Crippen LogP contribution in [0.2, 0.25) is 0 Å². The number of rotatable bonds is 7. The van der Waals surface area contributed by atoms with E-state index in [0.717, 1.165) is 18.8 Å². The van der Waals surface area contributed by atoms with E-state index in [1.54, 1.807) is 13.1 Å². The van der Waals surface area contributed by atoms with Gasteiger partial charge in [0.25, 0.3) is 5.91 Å². The molecule has 142 valence electrons. The van der Waals surface area contributed by atoms with Crippen molar-refractivity contribution in [3.05, 3.63) is 23.7 Å². The van der Waals surface area contributed by atoms with Crippen molar-refractivity contribution in [2.75, 3.05) is 32.1 Å². The van der Waals surface area contributed by atoms with E-state index in [2.05, 4.69) is 29.4 Å². The number of carbonyl (C=O) groups is 2. The summed E-state index contributed by atoms with van der Waals surface area (Å²) in [7, 11) is 1.58. The van der Waals surface area contributed by atoms with Crippen LogP contribution in [0.25, 0.3) is 0 Å². The molecule has 2 atom stereocenters. The van der Waals surface area contributed by atoms with Crippen LogP contribution in [0.15, 0.2) is 16.5 Å². The van der Waals surface area contributed by atoms with Crippen LogP contribution >= 0.6 is 24.2 Å². The second-order valence-corrected chi connectivity index (χ2v) is 7.42. The van der Waals surface area contributed by atoms with Crippen molar-refractivity contribution < 1.29 is 14.0 Å². The highest BCUT2D eigenvalue weighted by molar-refractivity contribution is 7.99. The maximum Gasteiger partial charge on any atom is 0.286 e. The summed E-state index contributed by atoms with van der Waals surface area (Å²) < 4.78 is 5.60. The molecule has 1 aromatic heterocycles. The van der Waals surface area contributed by atoms with Crippen LogP contribution in [-0.2, 0) is 11.3 Å². The van der Waals surface area contributed by atoms with E-state index in [1.165, 1.54) is 11.8 Å². The largest absolute Gasteiger partial charge is 0.455 e. The maximum atomic E-state index is 11.9. The predicted octanol–water partition coefficient (Wildman–Crippen LogP) is 2.00. The van der Waals surface area contributed by atoms with Gasteiger partial charge in [-0.2, -0.15) is 11.8 Å². The molecule has 0 bridgehead atoms. The first-order valence-electron chi connectivity index (χ1n) is 8.26. The van der Waals surface area contributed by atoms with Crippen molar-refractivity contribution in [3.63, 3.8) is 0 Å². The predicted molar refractivity (Wildman–Crippen MR) is 103 cm³/mol. The number of amides is 2. The molecule has 2 amide bonds. The summed E-state index contributed by atoms with van der Waals surface area (Å²) in [4.78, 5) is 25.8. The Morgan fingerprint density at radius 2 is 2.08 bits per heavy atom. The lowest BCUT2D eigenvalue weighted by Crippen LogP contribution is -2.42. The zero-order chi connectivity index (χ0) is 17.7. The van der Waals surface area contributed by atoms with Crippen LogP contribution in [0.4, 0.5) is 0 Å². The molecule has 0 spiro atoms. The van der Waals surface area contributed by atoms with Gasteiger partial charge in [-0.1, -0.05) is 13.8 Å². The number of furan rings is 1. The summed E-state index contributed by atoms with van der Waals surface area (Å²) in [6.07, 6.45) is 1.93. The molecule has 0 unspecified atom stereocenters. The molecule has 1 aliphatic heterocycles. The van der Waals surface area contributed by atoms with Gasteiger partial charge in [-0.25, -0.2) is 0 Å². The Kier molecular flexibility index (Phi) is 8.82. The molecule has 0 radical (unpaired) electrons. The lowest BCUT2D eigenvalue weighted by molar-refractivity contribution is -0.119. The average Bonchev–Trinajstić information content (AvgIpc) is 3.14. The van der Waals surface area contributed by atoms with Crippen molar-refractivity contribution in [2.45, 2.75) is 26.4 Å². The Balaban J connectivity index is 0.00000312. The van der Waals surface area contributed by atoms with Gasteiger partial charge in [0.05, 0.1) is 12.3 Å². The Morgan fingerprint density at radius 1 is 1.36 bits per heavy atom. The third-order valence-electron chi connectivity index (χ3n) is 4.41. The van der Waals surface area contributed by atoms with Gasteiger partial charge in [0.15, 0.2) is 5.76 Å². The minimum atomic E-state index is -0.218. The zero-order valence-corrected chi connectivity index (χ0v) is 16.8. The molecule has 2 heterocycles. The van der Waals surface area contributed by atoms with E-state index < -0.39 is 0 Å². The van der Waals surface area contributed by atoms with Gasteiger partial charge in [-0.3, -0.25) is 14.5 Å². The molecule has 2 rings (SSSR count). The van der Waals surface area contributed by atoms with Gasteiger partial charge in [0.1, 0.15) is 5.76 Å². The first-order valence-corrected chi connectivity index (χ1v) is 9.65. The van der Waals surface area contributed by atoms with Crippen LogP contribution in [0.1, 0.15) is 30.2 Å². The first-order chi connectivity index (χ1) is 11.4. The van der Waals surface area contributed by atoms with E-state index in [4.69, 9.17) is 4.42 Å². The molecule has 1 fully saturated rings. The standard InChI is InChI=1S/C17H27N3O3S.ClH/c1-11(2)13-8-20(9-14(13)19-16(21)10-24-4)7-12-5-6-15(23-12)17(22)18-3;/h5-6,11,13-14H,7-10H2,1-4H3,(H,18,22)(H,19,21);1H/t13-,14+;/m1./s1. The van der Waals surface area contributed by atoms with Crippen LogP contribution in [0.5, 0.6) is 0 Å².